The van der Waals surface area contributed by atoms with Gasteiger partial charge in [0.05, 0.1) is 10.7 Å². The molecule has 0 bridgehead atoms. The molecule has 0 spiro atoms. The lowest BCUT2D eigenvalue weighted by Crippen LogP contribution is -2.40. The van der Waals surface area contributed by atoms with Crippen molar-refractivity contribution in [3.05, 3.63) is 24.3 Å². The second kappa shape index (κ2) is 5.76. The van der Waals surface area contributed by atoms with E-state index >= 15 is 0 Å². The largest absolute Gasteiger partial charge is 0.444 e. The van der Waals surface area contributed by atoms with Crippen molar-refractivity contribution < 1.29 is 9.53 Å². The Morgan fingerprint density at radius 2 is 2.18 bits per heavy atom. The minimum atomic E-state index is -0.465. The summed E-state index contributed by atoms with van der Waals surface area (Å²) in [6, 6.07) is 8.36. The topological polar surface area (TPSA) is 54.5 Å². The summed E-state index contributed by atoms with van der Waals surface area (Å²) in [6.45, 7) is 7.28. The molecule has 1 N–H and O–H groups in total. The van der Waals surface area contributed by atoms with Crippen molar-refractivity contribution in [3.63, 3.8) is 0 Å². The number of nitrogens with one attached hydrogen (secondary N) is 1. The van der Waals surface area contributed by atoms with Gasteiger partial charge in [-0.1, -0.05) is 12.1 Å². The van der Waals surface area contributed by atoms with Crippen molar-refractivity contribution in [2.24, 2.45) is 0 Å². The zero-order valence-electron chi connectivity index (χ0n) is 13.1. The highest BCUT2D eigenvalue weighted by Crippen LogP contribution is 2.31. The number of alkyl carbamates (subject to hydrolysis) is 1. The highest BCUT2D eigenvalue weighted by molar-refractivity contribution is 7.13. The van der Waals surface area contributed by atoms with E-state index in [2.05, 4.69) is 26.7 Å². The Balaban J connectivity index is 1.64. The molecule has 1 aliphatic heterocycles. The van der Waals surface area contributed by atoms with Crippen LogP contribution in [-0.4, -0.2) is 35.2 Å². The number of aromatic nitrogens is 1. The van der Waals surface area contributed by atoms with E-state index in [4.69, 9.17) is 4.74 Å². The van der Waals surface area contributed by atoms with E-state index in [1.165, 1.54) is 21.6 Å². The van der Waals surface area contributed by atoms with Crippen LogP contribution in [0.3, 0.4) is 0 Å². The number of carbonyl (C=O) groups is 1. The second-order valence-corrected chi connectivity index (χ2v) is 7.39. The SMILES string of the molecule is CC(C)(C)OC(=O)N[C@H]1CCN(c2nsc3ccccc23)C1. The summed E-state index contributed by atoms with van der Waals surface area (Å²) < 4.78 is 11.1. The summed E-state index contributed by atoms with van der Waals surface area (Å²) in [6.07, 6.45) is 0.563. The van der Waals surface area contributed by atoms with Gasteiger partial charge in [-0.25, -0.2) is 4.79 Å². The van der Waals surface area contributed by atoms with Gasteiger partial charge >= 0.3 is 6.09 Å². The molecule has 0 radical (unpaired) electrons. The van der Waals surface area contributed by atoms with Crippen LogP contribution in [0.1, 0.15) is 27.2 Å². The summed E-state index contributed by atoms with van der Waals surface area (Å²) in [7, 11) is 0. The summed E-state index contributed by atoms with van der Waals surface area (Å²) in [4.78, 5) is 14.1. The van der Waals surface area contributed by atoms with E-state index in [-0.39, 0.29) is 12.1 Å². The summed E-state index contributed by atoms with van der Waals surface area (Å²) in [5.74, 6) is 1.02. The molecule has 2 aromatic rings. The number of ether oxygens (including phenoxy) is 1. The summed E-state index contributed by atoms with van der Waals surface area (Å²) in [5.41, 5.74) is -0.465. The number of fused-ring (bicyclic) bond motifs is 1. The first kappa shape index (κ1) is 15.1. The molecule has 1 saturated heterocycles. The van der Waals surface area contributed by atoms with Gasteiger partial charge in [-0.3, -0.25) is 0 Å². The molecule has 2 heterocycles. The molecule has 5 nitrogen and oxygen atoms in total. The number of rotatable bonds is 2. The Bertz CT molecular complexity index is 677. The predicted octanol–water partition coefficient (Wildman–Crippen LogP) is 3.40. The van der Waals surface area contributed by atoms with Crippen molar-refractivity contribution in [1.29, 1.82) is 0 Å². The average Bonchev–Trinajstić information content (AvgIpc) is 3.02. The van der Waals surface area contributed by atoms with Crippen LogP contribution in [0.15, 0.2) is 24.3 Å². The first-order valence-corrected chi connectivity index (χ1v) is 8.28. The monoisotopic (exact) mass is 319 g/mol. The third kappa shape index (κ3) is 3.32. The molecule has 0 saturated carbocycles. The fraction of sp³-hybridized carbons (Fsp3) is 0.500. The maximum absolute atomic E-state index is 11.9. The Labute approximate surface area is 134 Å². The Morgan fingerprint density at radius 3 is 2.95 bits per heavy atom. The molecule has 118 valence electrons. The Kier molecular flexibility index (Phi) is 3.95. The van der Waals surface area contributed by atoms with Gasteiger partial charge in [-0.15, -0.1) is 0 Å². The van der Waals surface area contributed by atoms with Crippen LogP contribution in [0.5, 0.6) is 0 Å². The van der Waals surface area contributed by atoms with Crippen LogP contribution in [0.25, 0.3) is 10.1 Å². The average molecular weight is 319 g/mol. The van der Waals surface area contributed by atoms with Gasteiger partial charge < -0.3 is 15.0 Å². The van der Waals surface area contributed by atoms with Crippen molar-refractivity contribution in [2.45, 2.75) is 38.8 Å². The number of nitrogens with zero attached hydrogens (tertiary/aromatic N) is 2. The van der Waals surface area contributed by atoms with Crippen LogP contribution in [0, 0.1) is 0 Å². The molecule has 1 aromatic carbocycles. The molecule has 1 fully saturated rings. The predicted molar refractivity (Wildman–Crippen MR) is 89.6 cm³/mol. The molecule has 22 heavy (non-hydrogen) atoms. The molecule has 0 aliphatic carbocycles. The lowest BCUT2D eigenvalue weighted by molar-refractivity contribution is 0.0509. The molecule has 0 unspecified atom stereocenters. The molecular weight excluding hydrogens is 298 g/mol. The molecular formula is C16H21N3O2S. The quantitative estimate of drug-likeness (QED) is 0.922. The standard InChI is InChI=1S/C16H21N3O2S/c1-16(2,3)21-15(20)17-11-8-9-19(10-11)14-12-6-4-5-7-13(12)22-18-14/h4-7,11H,8-10H2,1-3H3,(H,17,20)/t11-/m0/s1. The molecule has 1 amide bonds. The van der Waals surface area contributed by atoms with E-state index in [0.717, 1.165) is 25.3 Å². The first-order chi connectivity index (χ1) is 10.4. The zero-order valence-corrected chi connectivity index (χ0v) is 13.9. The minimum Gasteiger partial charge on any atom is -0.444 e. The van der Waals surface area contributed by atoms with E-state index in [0.29, 0.717) is 0 Å². The van der Waals surface area contributed by atoms with E-state index in [1.807, 2.05) is 32.9 Å². The lowest BCUT2D eigenvalue weighted by atomic mass is 10.2. The smallest absolute Gasteiger partial charge is 0.407 e. The third-order valence-electron chi connectivity index (χ3n) is 3.57. The number of anilines is 1. The Morgan fingerprint density at radius 1 is 1.41 bits per heavy atom. The van der Waals surface area contributed by atoms with Gasteiger partial charge in [0.15, 0.2) is 0 Å². The highest BCUT2D eigenvalue weighted by atomic mass is 32.1. The fourth-order valence-corrected chi connectivity index (χ4v) is 3.44. The van der Waals surface area contributed by atoms with Gasteiger partial charge in [0.2, 0.25) is 0 Å². The number of hydrogen-bond acceptors (Lipinski definition) is 5. The molecule has 3 rings (SSSR count). The van der Waals surface area contributed by atoms with Crippen LogP contribution in [0.4, 0.5) is 10.6 Å². The Hall–Kier alpha value is -1.82. The van der Waals surface area contributed by atoms with Gasteiger partial charge in [-0.05, 0) is 50.9 Å². The number of benzene rings is 1. The fourth-order valence-electron chi connectivity index (χ4n) is 2.65. The molecule has 1 aromatic heterocycles. The second-order valence-electron chi connectivity index (χ2n) is 6.58. The van der Waals surface area contributed by atoms with Crippen LogP contribution in [-0.2, 0) is 4.74 Å². The minimum absolute atomic E-state index is 0.107. The van der Waals surface area contributed by atoms with Gasteiger partial charge in [0, 0.05) is 18.5 Å². The summed E-state index contributed by atoms with van der Waals surface area (Å²) in [5, 5.41) is 4.13. The summed E-state index contributed by atoms with van der Waals surface area (Å²) >= 11 is 1.52. The molecule has 1 atom stereocenters. The van der Waals surface area contributed by atoms with Gasteiger partial charge in [0.25, 0.3) is 0 Å². The van der Waals surface area contributed by atoms with Crippen LogP contribution >= 0.6 is 11.5 Å². The van der Waals surface area contributed by atoms with Crippen molar-refractivity contribution in [1.82, 2.24) is 9.69 Å². The number of carbonyl (C=O) groups excluding carboxylic acids is 1. The lowest BCUT2D eigenvalue weighted by Gasteiger charge is -2.22. The van der Waals surface area contributed by atoms with E-state index < -0.39 is 5.60 Å². The van der Waals surface area contributed by atoms with E-state index in [9.17, 15) is 4.79 Å². The maximum Gasteiger partial charge on any atom is 0.407 e. The highest BCUT2D eigenvalue weighted by Gasteiger charge is 2.28. The van der Waals surface area contributed by atoms with Crippen molar-refractivity contribution in [3.8, 4) is 0 Å². The number of hydrogen-bond donors (Lipinski definition) is 1. The first-order valence-electron chi connectivity index (χ1n) is 7.51. The molecule has 1 aliphatic rings. The van der Waals surface area contributed by atoms with Crippen molar-refractivity contribution in [2.75, 3.05) is 18.0 Å². The zero-order chi connectivity index (χ0) is 15.7. The maximum atomic E-state index is 11.9. The van der Waals surface area contributed by atoms with Gasteiger partial charge in [0.1, 0.15) is 11.4 Å². The van der Waals surface area contributed by atoms with E-state index in [1.54, 1.807) is 0 Å². The van der Waals surface area contributed by atoms with Crippen LogP contribution < -0.4 is 10.2 Å². The third-order valence-corrected chi connectivity index (χ3v) is 4.38. The number of amides is 1. The van der Waals surface area contributed by atoms with Crippen LogP contribution in [0.2, 0.25) is 0 Å². The van der Waals surface area contributed by atoms with Crippen molar-refractivity contribution >= 4 is 33.5 Å². The van der Waals surface area contributed by atoms with Gasteiger partial charge in [-0.2, -0.15) is 4.37 Å². The normalized spacial score (nSPS) is 18.7. The molecule has 6 heteroatoms.